The fourth-order valence-electron chi connectivity index (χ4n) is 3.55. The smallest absolute Gasteiger partial charge is 0.254 e. The van der Waals surface area contributed by atoms with Gasteiger partial charge >= 0.3 is 0 Å². The zero-order valence-electron chi connectivity index (χ0n) is 16.5. The van der Waals surface area contributed by atoms with Crippen molar-refractivity contribution in [2.75, 3.05) is 6.54 Å². The molecule has 1 aliphatic rings. The van der Waals surface area contributed by atoms with E-state index in [-0.39, 0.29) is 12.0 Å². The molecule has 2 aromatic heterocycles. The molecule has 4 rings (SSSR count). The van der Waals surface area contributed by atoms with Gasteiger partial charge in [0.05, 0.1) is 29.2 Å². The first-order valence-electron chi connectivity index (χ1n) is 9.36. The summed E-state index contributed by atoms with van der Waals surface area (Å²) in [7, 11) is 0. The standard InChI is InChI=1S/C22H23N3O3/c1-12-10-23-14(3)21(25-12)16-5-6-20-17(8-16)9-18(28-20)11-24-22(26)19-7-13(2)27-15(19)4/h5-8,10,18H,9,11H2,1-4H3,(H,24,26)/t18-/m0/s1. The van der Waals surface area contributed by atoms with Gasteiger partial charge < -0.3 is 14.5 Å². The Kier molecular flexibility index (Phi) is 4.63. The molecular weight excluding hydrogens is 354 g/mol. The molecular formula is C22H23N3O3. The molecule has 0 fully saturated rings. The van der Waals surface area contributed by atoms with Crippen LogP contribution in [0.15, 0.2) is 34.9 Å². The second-order valence-corrected chi connectivity index (χ2v) is 7.25. The van der Waals surface area contributed by atoms with E-state index in [1.807, 2.05) is 32.9 Å². The van der Waals surface area contributed by atoms with E-state index < -0.39 is 0 Å². The average Bonchev–Trinajstić information content (AvgIpc) is 3.23. The van der Waals surface area contributed by atoms with Gasteiger partial charge in [0.1, 0.15) is 23.4 Å². The topological polar surface area (TPSA) is 77.2 Å². The van der Waals surface area contributed by atoms with Gasteiger partial charge in [0, 0.05) is 18.2 Å². The maximum absolute atomic E-state index is 12.4. The summed E-state index contributed by atoms with van der Waals surface area (Å²) in [6.45, 7) is 7.97. The van der Waals surface area contributed by atoms with E-state index in [1.54, 1.807) is 19.2 Å². The van der Waals surface area contributed by atoms with Crippen LogP contribution in [-0.4, -0.2) is 28.5 Å². The third kappa shape index (κ3) is 3.50. The maximum Gasteiger partial charge on any atom is 0.254 e. The average molecular weight is 377 g/mol. The Bertz CT molecular complexity index is 1060. The zero-order chi connectivity index (χ0) is 19.8. The van der Waals surface area contributed by atoms with Gasteiger partial charge in [-0.2, -0.15) is 0 Å². The van der Waals surface area contributed by atoms with Crippen molar-refractivity contribution in [2.45, 2.75) is 40.2 Å². The van der Waals surface area contributed by atoms with Crippen LogP contribution in [0, 0.1) is 27.7 Å². The van der Waals surface area contributed by atoms with Gasteiger partial charge in [-0.05, 0) is 57.5 Å². The largest absolute Gasteiger partial charge is 0.488 e. The van der Waals surface area contributed by atoms with E-state index in [2.05, 4.69) is 21.4 Å². The molecule has 3 aromatic rings. The van der Waals surface area contributed by atoms with Crippen LogP contribution in [0.2, 0.25) is 0 Å². The van der Waals surface area contributed by atoms with Gasteiger partial charge in [0.15, 0.2) is 0 Å². The zero-order valence-corrected chi connectivity index (χ0v) is 16.5. The number of aromatic nitrogens is 2. The van der Waals surface area contributed by atoms with Crippen LogP contribution < -0.4 is 10.1 Å². The van der Waals surface area contributed by atoms with E-state index in [1.165, 1.54) is 0 Å². The van der Waals surface area contributed by atoms with E-state index in [4.69, 9.17) is 9.15 Å². The van der Waals surface area contributed by atoms with Crippen LogP contribution in [0.4, 0.5) is 0 Å². The molecule has 6 heteroatoms. The quantitative estimate of drug-likeness (QED) is 0.750. The number of furan rings is 1. The molecule has 0 saturated carbocycles. The number of carbonyl (C=O) groups is 1. The lowest BCUT2D eigenvalue weighted by molar-refractivity contribution is 0.0932. The number of nitrogens with one attached hydrogen (secondary N) is 1. The maximum atomic E-state index is 12.4. The molecule has 28 heavy (non-hydrogen) atoms. The Hall–Kier alpha value is -3.15. The Labute approximate surface area is 164 Å². The monoisotopic (exact) mass is 377 g/mol. The summed E-state index contributed by atoms with van der Waals surface area (Å²) in [6, 6.07) is 7.84. The third-order valence-electron chi connectivity index (χ3n) is 4.93. The Balaban J connectivity index is 1.45. The SMILES string of the molecule is Cc1cnc(C)c(-c2ccc3c(c2)C[C@@H](CNC(=O)c2cc(C)oc2C)O3)n1. The normalized spacial score (nSPS) is 15.2. The van der Waals surface area contributed by atoms with Crippen molar-refractivity contribution in [3.05, 3.63) is 64.5 Å². The number of rotatable bonds is 4. The molecule has 6 nitrogen and oxygen atoms in total. The first-order chi connectivity index (χ1) is 13.4. The summed E-state index contributed by atoms with van der Waals surface area (Å²) < 4.78 is 11.4. The van der Waals surface area contributed by atoms with Gasteiger partial charge in [-0.3, -0.25) is 9.78 Å². The van der Waals surface area contributed by atoms with Crippen molar-refractivity contribution in [2.24, 2.45) is 0 Å². The number of aryl methyl sites for hydroxylation is 4. The van der Waals surface area contributed by atoms with Gasteiger partial charge in [0.2, 0.25) is 0 Å². The van der Waals surface area contributed by atoms with Gasteiger partial charge in [-0.1, -0.05) is 0 Å². The number of ether oxygens (including phenoxy) is 1. The summed E-state index contributed by atoms with van der Waals surface area (Å²) in [4.78, 5) is 21.4. The molecule has 0 unspecified atom stereocenters. The van der Waals surface area contributed by atoms with E-state index in [0.29, 0.717) is 17.9 Å². The molecule has 1 amide bonds. The van der Waals surface area contributed by atoms with Crippen LogP contribution >= 0.6 is 0 Å². The van der Waals surface area contributed by atoms with Crippen molar-refractivity contribution in [1.29, 1.82) is 0 Å². The number of hydrogen-bond acceptors (Lipinski definition) is 5. The van der Waals surface area contributed by atoms with Crippen LogP contribution in [-0.2, 0) is 6.42 Å². The molecule has 1 atom stereocenters. The predicted molar refractivity (Wildman–Crippen MR) is 106 cm³/mol. The lowest BCUT2D eigenvalue weighted by atomic mass is 10.0. The van der Waals surface area contributed by atoms with Gasteiger partial charge in [-0.25, -0.2) is 4.98 Å². The molecule has 0 aliphatic carbocycles. The molecule has 0 radical (unpaired) electrons. The lowest BCUT2D eigenvalue weighted by Crippen LogP contribution is -2.34. The Morgan fingerprint density at radius 3 is 2.79 bits per heavy atom. The Morgan fingerprint density at radius 2 is 2.04 bits per heavy atom. The van der Waals surface area contributed by atoms with Crippen molar-refractivity contribution in [3.8, 4) is 17.0 Å². The molecule has 1 aliphatic heterocycles. The van der Waals surface area contributed by atoms with Crippen molar-refractivity contribution >= 4 is 5.91 Å². The van der Waals surface area contributed by atoms with Gasteiger partial charge in [-0.15, -0.1) is 0 Å². The van der Waals surface area contributed by atoms with Crippen molar-refractivity contribution in [3.63, 3.8) is 0 Å². The highest BCUT2D eigenvalue weighted by atomic mass is 16.5. The van der Waals surface area contributed by atoms with Crippen molar-refractivity contribution in [1.82, 2.24) is 15.3 Å². The van der Waals surface area contributed by atoms with Gasteiger partial charge in [0.25, 0.3) is 5.91 Å². The number of nitrogens with zero attached hydrogens (tertiary/aromatic N) is 2. The van der Waals surface area contributed by atoms with Crippen LogP contribution in [0.5, 0.6) is 5.75 Å². The first kappa shape index (κ1) is 18.2. The molecule has 144 valence electrons. The second kappa shape index (κ2) is 7.11. The summed E-state index contributed by atoms with van der Waals surface area (Å²) in [5.74, 6) is 2.08. The van der Waals surface area contributed by atoms with E-state index >= 15 is 0 Å². The highest BCUT2D eigenvalue weighted by molar-refractivity contribution is 5.95. The summed E-state index contributed by atoms with van der Waals surface area (Å²) in [5, 5.41) is 2.95. The third-order valence-corrected chi connectivity index (χ3v) is 4.93. The van der Waals surface area contributed by atoms with Crippen LogP contribution in [0.3, 0.4) is 0 Å². The molecule has 1 aromatic carbocycles. The number of benzene rings is 1. The van der Waals surface area contributed by atoms with E-state index in [9.17, 15) is 4.79 Å². The summed E-state index contributed by atoms with van der Waals surface area (Å²) in [6.07, 6.45) is 2.43. The Morgan fingerprint density at radius 1 is 1.21 bits per heavy atom. The second-order valence-electron chi connectivity index (χ2n) is 7.25. The molecule has 0 spiro atoms. The lowest BCUT2D eigenvalue weighted by Gasteiger charge is -2.11. The highest BCUT2D eigenvalue weighted by Gasteiger charge is 2.25. The molecule has 3 heterocycles. The first-order valence-corrected chi connectivity index (χ1v) is 9.36. The van der Waals surface area contributed by atoms with E-state index in [0.717, 1.165) is 46.1 Å². The van der Waals surface area contributed by atoms with Crippen LogP contribution in [0.1, 0.15) is 38.8 Å². The van der Waals surface area contributed by atoms with Crippen LogP contribution in [0.25, 0.3) is 11.3 Å². The number of hydrogen-bond donors (Lipinski definition) is 1. The fraction of sp³-hybridized carbons (Fsp3) is 0.318. The molecule has 0 saturated heterocycles. The summed E-state index contributed by atoms with van der Waals surface area (Å²) in [5.41, 5.74) is 5.41. The highest BCUT2D eigenvalue weighted by Crippen LogP contribution is 2.33. The fourth-order valence-corrected chi connectivity index (χ4v) is 3.55. The molecule has 0 bridgehead atoms. The van der Waals surface area contributed by atoms with Crippen molar-refractivity contribution < 1.29 is 13.9 Å². The predicted octanol–water partition coefficient (Wildman–Crippen LogP) is 3.70. The molecule has 1 N–H and O–H groups in total. The number of carbonyl (C=O) groups excluding carboxylic acids is 1. The minimum absolute atomic E-state index is 0.0906. The number of fused-ring (bicyclic) bond motifs is 1. The summed E-state index contributed by atoms with van der Waals surface area (Å²) >= 11 is 0. The minimum atomic E-state index is -0.139. The number of amides is 1. The minimum Gasteiger partial charge on any atom is -0.488 e.